The predicted molar refractivity (Wildman–Crippen MR) is 88.2 cm³/mol. The molecule has 2 rings (SSSR count). The molecule has 0 atom stereocenters. The third-order valence-corrected chi connectivity index (χ3v) is 7.27. The van der Waals surface area contributed by atoms with Gasteiger partial charge in [-0.15, -0.1) is 11.3 Å². The van der Waals surface area contributed by atoms with Gasteiger partial charge in [-0.25, -0.2) is 13.1 Å². The number of sulfonamides is 1. The Morgan fingerprint density at radius 1 is 1.33 bits per heavy atom. The van der Waals surface area contributed by atoms with Crippen molar-refractivity contribution in [2.45, 2.75) is 57.9 Å². The highest BCUT2D eigenvalue weighted by atomic mass is 32.2. The molecule has 0 spiro atoms. The molecule has 4 nitrogen and oxygen atoms in total. The Morgan fingerprint density at radius 2 is 2.05 bits per heavy atom. The van der Waals surface area contributed by atoms with E-state index in [1.165, 1.54) is 6.42 Å². The summed E-state index contributed by atoms with van der Waals surface area (Å²) in [4.78, 5) is 2.39. The summed E-state index contributed by atoms with van der Waals surface area (Å²) in [7, 11) is -3.38. The van der Waals surface area contributed by atoms with Gasteiger partial charge in [-0.1, -0.05) is 20.3 Å². The first-order valence-electron chi connectivity index (χ1n) is 7.72. The molecule has 0 bridgehead atoms. The fourth-order valence-corrected chi connectivity index (χ4v) is 5.54. The van der Waals surface area contributed by atoms with E-state index in [1.807, 2.05) is 19.9 Å². The summed E-state index contributed by atoms with van der Waals surface area (Å²) in [5.41, 5.74) is 0.198. The van der Waals surface area contributed by atoms with Crippen molar-refractivity contribution in [3.8, 4) is 0 Å². The second-order valence-electron chi connectivity index (χ2n) is 5.95. The van der Waals surface area contributed by atoms with Gasteiger partial charge in [-0.3, -0.25) is 0 Å². The Balaban J connectivity index is 2.06. The first-order chi connectivity index (χ1) is 9.92. The minimum absolute atomic E-state index is 0.198. The van der Waals surface area contributed by atoms with E-state index in [9.17, 15) is 8.42 Å². The lowest BCUT2D eigenvalue weighted by Crippen LogP contribution is -2.41. The van der Waals surface area contributed by atoms with Crippen molar-refractivity contribution in [2.75, 3.05) is 13.1 Å². The van der Waals surface area contributed by atoms with Crippen molar-refractivity contribution in [1.82, 2.24) is 10.0 Å². The highest BCUT2D eigenvalue weighted by molar-refractivity contribution is 7.89. The summed E-state index contributed by atoms with van der Waals surface area (Å²) in [6.45, 7) is 8.27. The summed E-state index contributed by atoms with van der Waals surface area (Å²) in [6.07, 6.45) is 4.55. The van der Waals surface area contributed by atoms with Crippen molar-refractivity contribution in [1.29, 1.82) is 0 Å². The van der Waals surface area contributed by atoms with Gasteiger partial charge in [0.05, 0.1) is 4.90 Å². The smallest absolute Gasteiger partial charge is 0.241 e. The minimum Gasteiger partial charge on any atom is -0.312 e. The van der Waals surface area contributed by atoms with Gasteiger partial charge < -0.3 is 5.32 Å². The first-order valence-corrected chi connectivity index (χ1v) is 10.0. The standard InChI is InChI=1S/C15H26N2O2S2/c1-4-15(7-6-8-15)11-17-21(18,19)14-9-13(10-16-5-2)20-12(14)3/h9,16-17H,4-8,10-11H2,1-3H3. The molecule has 0 saturated heterocycles. The molecule has 0 radical (unpaired) electrons. The van der Waals surface area contributed by atoms with Crippen LogP contribution in [0.5, 0.6) is 0 Å². The average Bonchev–Trinajstić information content (AvgIpc) is 2.77. The van der Waals surface area contributed by atoms with Crippen LogP contribution in [0.25, 0.3) is 0 Å². The van der Waals surface area contributed by atoms with Gasteiger partial charge in [0.2, 0.25) is 10.0 Å². The molecule has 1 aromatic rings. The quantitative estimate of drug-likeness (QED) is 0.770. The van der Waals surface area contributed by atoms with Gasteiger partial charge in [0.1, 0.15) is 0 Å². The highest BCUT2D eigenvalue weighted by Gasteiger charge is 2.36. The number of hydrogen-bond acceptors (Lipinski definition) is 4. The van der Waals surface area contributed by atoms with Gasteiger partial charge >= 0.3 is 0 Å². The van der Waals surface area contributed by atoms with Crippen LogP contribution in [-0.2, 0) is 16.6 Å². The van der Waals surface area contributed by atoms with Gasteiger partial charge in [0.15, 0.2) is 0 Å². The van der Waals surface area contributed by atoms with E-state index in [4.69, 9.17) is 0 Å². The molecule has 0 aromatic carbocycles. The molecule has 1 aliphatic rings. The van der Waals surface area contributed by atoms with Crippen LogP contribution in [-0.4, -0.2) is 21.5 Å². The van der Waals surface area contributed by atoms with Crippen LogP contribution in [0.3, 0.4) is 0 Å². The van der Waals surface area contributed by atoms with Crippen LogP contribution in [0.4, 0.5) is 0 Å². The second-order valence-corrected chi connectivity index (χ2v) is 9.02. The molecule has 120 valence electrons. The maximum absolute atomic E-state index is 12.5. The third-order valence-electron chi connectivity index (χ3n) is 4.56. The Hall–Kier alpha value is -0.430. The van der Waals surface area contributed by atoms with Crippen LogP contribution >= 0.6 is 11.3 Å². The third kappa shape index (κ3) is 3.86. The maximum atomic E-state index is 12.5. The van der Waals surface area contributed by atoms with Gasteiger partial charge in [-0.2, -0.15) is 0 Å². The fraction of sp³-hybridized carbons (Fsp3) is 0.733. The monoisotopic (exact) mass is 330 g/mol. The summed E-state index contributed by atoms with van der Waals surface area (Å²) < 4.78 is 27.9. The predicted octanol–water partition coefficient (Wildman–Crippen LogP) is 3.02. The van der Waals surface area contributed by atoms with Crippen LogP contribution in [0.1, 0.15) is 49.3 Å². The van der Waals surface area contributed by atoms with Gasteiger partial charge in [-0.05, 0) is 44.2 Å². The molecule has 0 unspecified atom stereocenters. The van der Waals surface area contributed by atoms with Crippen LogP contribution < -0.4 is 10.0 Å². The molecule has 0 amide bonds. The molecule has 1 aliphatic carbocycles. The maximum Gasteiger partial charge on any atom is 0.241 e. The number of rotatable bonds is 8. The van der Waals surface area contributed by atoms with Crippen LogP contribution in [0, 0.1) is 12.3 Å². The highest BCUT2D eigenvalue weighted by Crippen LogP contribution is 2.43. The van der Waals surface area contributed by atoms with Crippen molar-refractivity contribution >= 4 is 21.4 Å². The molecule has 0 aliphatic heterocycles. The van der Waals surface area contributed by atoms with E-state index in [-0.39, 0.29) is 5.41 Å². The average molecular weight is 331 g/mol. The Kier molecular flexibility index (Phi) is 5.46. The van der Waals surface area contributed by atoms with Crippen LogP contribution in [0.15, 0.2) is 11.0 Å². The Labute approximate surface area is 132 Å². The zero-order valence-electron chi connectivity index (χ0n) is 13.2. The summed E-state index contributed by atoms with van der Waals surface area (Å²) >= 11 is 1.56. The largest absolute Gasteiger partial charge is 0.312 e. The lowest BCUT2D eigenvalue weighted by atomic mass is 9.67. The first kappa shape index (κ1) is 16.9. The summed E-state index contributed by atoms with van der Waals surface area (Å²) in [5.74, 6) is 0. The number of thiophene rings is 1. The van der Waals surface area contributed by atoms with E-state index in [0.717, 1.165) is 42.1 Å². The van der Waals surface area contributed by atoms with E-state index in [1.54, 1.807) is 11.3 Å². The topological polar surface area (TPSA) is 58.2 Å². The van der Waals surface area contributed by atoms with E-state index in [2.05, 4.69) is 17.0 Å². The summed E-state index contributed by atoms with van der Waals surface area (Å²) in [5, 5.41) is 3.24. The van der Waals surface area contributed by atoms with Crippen molar-refractivity contribution in [3.63, 3.8) is 0 Å². The Bertz CT molecular complexity index is 569. The molecule has 2 N–H and O–H groups in total. The molecule has 1 fully saturated rings. The fourth-order valence-electron chi connectivity index (χ4n) is 2.78. The lowest BCUT2D eigenvalue weighted by Gasteiger charge is -2.41. The van der Waals surface area contributed by atoms with Crippen molar-refractivity contribution < 1.29 is 8.42 Å². The zero-order valence-corrected chi connectivity index (χ0v) is 14.8. The molecule has 1 saturated carbocycles. The van der Waals surface area contributed by atoms with Crippen molar-refractivity contribution in [3.05, 3.63) is 15.8 Å². The van der Waals surface area contributed by atoms with Gasteiger partial charge in [0.25, 0.3) is 0 Å². The molecule has 1 aromatic heterocycles. The zero-order chi connectivity index (χ0) is 15.5. The normalized spacial score (nSPS) is 17.7. The SMILES string of the molecule is CCNCc1cc(S(=O)(=O)NCC2(CC)CCC2)c(C)s1. The van der Waals surface area contributed by atoms with Crippen LogP contribution in [0.2, 0.25) is 0 Å². The summed E-state index contributed by atoms with van der Waals surface area (Å²) in [6, 6.07) is 1.81. The number of nitrogens with one attached hydrogen (secondary N) is 2. The molecule has 21 heavy (non-hydrogen) atoms. The van der Waals surface area contributed by atoms with E-state index >= 15 is 0 Å². The van der Waals surface area contributed by atoms with Gasteiger partial charge in [0, 0.05) is 22.8 Å². The number of aryl methyl sites for hydroxylation is 1. The minimum atomic E-state index is -3.38. The van der Waals surface area contributed by atoms with E-state index < -0.39 is 10.0 Å². The lowest BCUT2D eigenvalue weighted by molar-refractivity contribution is 0.133. The molecular formula is C15H26N2O2S2. The van der Waals surface area contributed by atoms with Crippen molar-refractivity contribution in [2.24, 2.45) is 5.41 Å². The molecule has 6 heteroatoms. The molecular weight excluding hydrogens is 304 g/mol. The van der Waals surface area contributed by atoms with E-state index in [0.29, 0.717) is 11.4 Å². The molecule has 1 heterocycles. The Morgan fingerprint density at radius 3 is 2.57 bits per heavy atom. The second kappa shape index (κ2) is 6.77. The number of hydrogen-bond donors (Lipinski definition) is 2.